The van der Waals surface area contributed by atoms with Crippen LogP contribution in [0.3, 0.4) is 0 Å². The number of aromatic nitrogens is 1. The van der Waals surface area contributed by atoms with Crippen molar-refractivity contribution >= 4 is 0 Å². The Hall–Kier alpha value is -1.09. The molecule has 13 heavy (non-hydrogen) atoms. The molecule has 0 aliphatic carbocycles. The quantitative estimate of drug-likeness (QED) is 0.737. The Bertz CT molecular complexity index is 317. The van der Waals surface area contributed by atoms with Crippen molar-refractivity contribution in [2.45, 2.75) is 19.9 Å². The Morgan fingerprint density at radius 1 is 1.46 bits per heavy atom. The van der Waals surface area contributed by atoms with Crippen molar-refractivity contribution < 1.29 is 0 Å². The predicted octanol–water partition coefficient (Wildman–Crippen LogP) is 0.630. The second-order valence-electron chi connectivity index (χ2n) is 3.02. The highest BCUT2D eigenvalue weighted by Crippen LogP contribution is 1.96. The van der Waals surface area contributed by atoms with Crippen LogP contribution in [-0.2, 0) is 13.0 Å². The van der Waals surface area contributed by atoms with Crippen molar-refractivity contribution in [3.8, 4) is 0 Å². The van der Waals surface area contributed by atoms with Crippen molar-refractivity contribution in [1.82, 2.24) is 9.88 Å². The maximum Gasteiger partial charge on any atom is 0.250 e. The summed E-state index contributed by atoms with van der Waals surface area (Å²) in [5.74, 6) is 0. The molecular weight excluding hydrogens is 164 g/mol. The minimum absolute atomic E-state index is 0.0794. The van der Waals surface area contributed by atoms with Crippen molar-refractivity contribution in [2.75, 3.05) is 13.6 Å². The number of likely N-dealkylation sites (N-methyl/N-ethyl adjacent to an activating group) is 1. The molecule has 1 aromatic rings. The van der Waals surface area contributed by atoms with E-state index in [4.69, 9.17) is 0 Å². The SMILES string of the molecule is CCn1cc(CCNC)ccc1=O. The van der Waals surface area contributed by atoms with Gasteiger partial charge in [-0.1, -0.05) is 6.07 Å². The fraction of sp³-hybridized carbons (Fsp3) is 0.500. The monoisotopic (exact) mass is 180 g/mol. The zero-order valence-electron chi connectivity index (χ0n) is 8.21. The first-order chi connectivity index (χ1) is 6.27. The van der Waals surface area contributed by atoms with Gasteiger partial charge in [0.15, 0.2) is 0 Å². The Morgan fingerprint density at radius 2 is 2.23 bits per heavy atom. The van der Waals surface area contributed by atoms with Crippen LogP contribution >= 0.6 is 0 Å². The topological polar surface area (TPSA) is 34.0 Å². The Morgan fingerprint density at radius 3 is 2.85 bits per heavy atom. The van der Waals surface area contributed by atoms with Gasteiger partial charge in [-0.25, -0.2) is 0 Å². The van der Waals surface area contributed by atoms with E-state index >= 15 is 0 Å². The largest absolute Gasteiger partial charge is 0.319 e. The summed E-state index contributed by atoms with van der Waals surface area (Å²) in [5.41, 5.74) is 1.28. The molecule has 0 saturated heterocycles. The van der Waals surface area contributed by atoms with Crippen LogP contribution in [0.5, 0.6) is 0 Å². The minimum Gasteiger partial charge on any atom is -0.319 e. The van der Waals surface area contributed by atoms with Crippen LogP contribution in [0.25, 0.3) is 0 Å². The molecule has 1 N–H and O–H groups in total. The lowest BCUT2D eigenvalue weighted by Crippen LogP contribution is -2.19. The fourth-order valence-corrected chi connectivity index (χ4v) is 1.25. The second kappa shape index (κ2) is 4.82. The van der Waals surface area contributed by atoms with Crippen molar-refractivity contribution in [2.24, 2.45) is 0 Å². The van der Waals surface area contributed by atoms with Crippen LogP contribution in [0.4, 0.5) is 0 Å². The van der Waals surface area contributed by atoms with E-state index < -0.39 is 0 Å². The highest BCUT2D eigenvalue weighted by Gasteiger charge is 1.95. The Kier molecular flexibility index (Phi) is 3.71. The lowest BCUT2D eigenvalue weighted by molar-refractivity contribution is 0.708. The summed E-state index contributed by atoms with van der Waals surface area (Å²) in [6.45, 7) is 3.66. The summed E-state index contributed by atoms with van der Waals surface area (Å²) in [4.78, 5) is 11.2. The summed E-state index contributed by atoms with van der Waals surface area (Å²) in [7, 11) is 1.93. The fourth-order valence-electron chi connectivity index (χ4n) is 1.25. The molecule has 0 unspecified atom stereocenters. The molecule has 0 spiro atoms. The average molecular weight is 180 g/mol. The number of pyridine rings is 1. The summed E-state index contributed by atoms with van der Waals surface area (Å²) in [5, 5.41) is 3.08. The van der Waals surface area contributed by atoms with Gasteiger partial charge in [-0.2, -0.15) is 0 Å². The molecule has 0 radical (unpaired) electrons. The van der Waals surface area contributed by atoms with Crippen LogP contribution in [0.2, 0.25) is 0 Å². The molecule has 0 aliphatic rings. The highest BCUT2D eigenvalue weighted by atomic mass is 16.1. The van der Waals surface area contributed by atoms with E-state index in [1.165, 1.54) is 5.56 Å². The van der Waals surface area contributed by atoms with Crippen LogP contribution < -0.4 is 10.9 Å². The molecule has 72 valence electrons. The van der Waals surface area contributed by atoms with Crippen molar-refractivity contribution in [3.63, 3.8) is 0 Å². The molecule has 3 heteroatoms. The third kappa shape index (κ3) is 2.70. The number of hydrogen-bond acceptors (Lipinski definition) is 2. The number of aryl methyl sites for hydroxylation is 1. The lowest BCUT2D eigenvalue weighted by atomic mass is 10.2. The van der Waals surface area contributed by atoms with Gasteiger partial charge in [-0.05, 0) is 32.5 Å². The summed E-state index contributed by atoms with van der Waals surface area (Å²) < 4.78 is 1.73. The molecule has 0 amide bonds. The molecule has 1 heterocycles. The minimum atomic E-state index is 0.0794. The van der Waals surface area contributed by atoms with Crippen molar-refractivity contribution in [1.29, 1.82) is 0 Å². The number of hydrogen-bond donors (Lipinski definition) is 1. The standard InChI is InChI=1S/C10H16N2O/c1-3-12-8-9(6-7-11-2)4-5-10(12)13/h4-5,8,11H,3,6-7H2,1-2H3. The van der Waals surface area contributed by atoms with E-state index in [0.717, 1.165) is 19.5 Å². The Labute approximate surface area is 78.4 Å². The number of nitrogens with one attached hydrogen (secondary N) is 1. The van der Waals surface area contributed by atoms with E-state index in [-0.39, 0.29) is 5.56 Å². The molecule has 0 fully saturated rings. The van der Waals surface area contributed by atoms with Gasteiger partial charge in [0.1, 0.15) is 0 Å². The van der Waals surface area contributed by atoms with E-state index in [1.54, 1.807) is 10.6 Å². The molecule has 0 atom stereocenters. The second-order valence-corrected chi connectivity index (χ2v) is 3.02. The van der Waals surface area contributed by atoms with Gasteiger partial charge in [0.25, 0.3) is 5.56 Å². The molecule has 1 rings (SSSR count). The van der Waals surface area contributed by atoms with Gasteiger partial charge < -0.3 is 9.88 Å². The first-order valence-corrected chi connectivity index (χ1v) is 4.62. The maximum atomic E-state index is 11.2. The zero-order chi connectivity index (χ0) is 9.68. The first-order valence-electron chi connectivity index (χ1n) is 4.62. The average Bonchev–Trinajstić information content (AvgIpc) is 2.16. The van der Waals surface area contributed by atoms with Gasteiger partial charge in [-0.15, -0.1) is 0 Å². The van der Waals surface area contributed by atoms with Gasteiger partial charge in [0.05, 0.1) is 0 Å². The first kappa shape index (κ1) is 9.99. The van der Waals surface area contributed by atoms with Crippen LogP contribution in [0.1, 0.15) is 12.5 Å². The smallest absolute Gasteiger partial charge is 0.250 e. The molecule has 0 saturated carbocycles. The van der Waals surface area contributed by atoms with Crippen LogP contribution in [-0.4, -0.2) is 18.2 Å². The van der Waals surface area contributed by atoms with Gasteiger partial charge in [-0.3, -0.25) is 4.79 Å². The Balaban J connectivity index is 2.80. The molecule has 3 nitrogen and oxygen atoms in total. The number of rotatable bonds is 4. The summed E-state index contributed by atoms with van der Waals surface area (Å²) in [6, 6.07) is 3.53. The zero-order valence-corrected chi connectivity index (χ0v) is 8.21. The van der Waals surface area contributed by atoms with E-state index in [1.807, 2.05) is 26.2 Å². The van der Waals surface area contributed by atoms with Gasteiger partial charge in [0, 0.05) is 18.8 Å². The highest BCUT2D eigenvalue weighted by molar-refractivity contribution is 5.10. The molecular formula is C10H16N2O. The molecule has 0 aromatic carbocycles. The molecule has 0 bridgehead atoms. The van der Waals surface area contributed by atoms with E-state index in [0.29, 0.717) is 0 Å². The van der Waals surface area contributed by atoms with Crippen molar-refractivity contribution in [3.05, 3.63) is 34.2 Å². The number of nitrogens with zero attached hydrogens (tertiary/aromatic N) is 1. The van der Waals surface area contributed by atoms with E-state index in [9.17, 15) is 4.79 Å². The van der Waals surface area contributed by atoms with Crippen LogP contribution in [0.15, 0.2) is 23.1 Å². The predicted molar refractivity (Wildman–Crippen MR) is 54.0 cm³/mol. The maximum absolute atomic E-state index is 11.2. The lowest BCUT2D eigenvalue weighted by Gasteiger charge is -2.04. The molecule has 0 aliphatic heterocycles. The summed E-state index contributed by atoms with van der Waals surface area (Å²) in [6.07, 6.45) is 2.90. The normalized spacial score (nSPS) is 10.3. The van der Waals surface area contributed by atoms with E-state index in [2.05, 4.69) is 5.32 Å². The summed E-state index contributed by atoms with van der Waals surface area (Å²) >= 11 is 0. The van der Waals surface area contributed by atoms with Gasteiger partial charge >= 0.3 is 0 Å². The third-order valence-corrected chi connectivity index (χ3v) is 2.05. The van der Waals surface area contributed by atoms with Gasteiger partial charge in [0.2, 0.25) is 0 Å². The van der Waals surface area contributed by atoms with Crippen LogP contribution in [0, 0.1) is 0 Å². The third-order valence-electron chi connectivity index (χ3n) is 2.05. The molecule has 1 aromatic heterocycles.